The minimum Gasteiger partial charge on any atom is -0.382 e. The molecule has 1 aliphatic heterocycles. The van der Waals surface area contributed by atoms with Crippen LogP contribution >= 0.6 is 0 Å². The van der Waals surface area contributed by atoms with Gasteiger partial charge in [-0.1, -0.05) is 12.1 Å². The van der Waals surface area contributed by atoms with Crippen molar-refractivity contribution in [3.63, 3.8) is 0 Å². The average Bonchev–Trinajstić information content (AvgIpc) is 3.49. The van der Waals surface area contributed by atoms with Crippen LogP contribution in [0.1, 0.15) is 31.4 Å². The Morgan fingerprint density at radius 2 is 2.11 bits per heavy atom. The molecule has 0 saturated heterocycles. The number of hydrogen-bond donors (Lipinski definition) is 1. The Kier molecular flexibility index (Phi) is 5.31. The van der Waals surface area contributed by atoms with Crippen molar-refractivity contribution in [2.75, 3.05) is 19.0 Å². The first-order valence-electron chi connectivity index (χ1n) is 12.8. The van der Waals surface area contributed by atoms with Crippen LogP contribution in [0.25, 0.3) is 11.4 Å². The standard InChI is InChI=1S/C25H27FN8O2/c1-15-5-6-17(9-19(15)26)11-34-18(14-36-4)12-33-13-20(29-23(33)24(34)35)22-16(2)10-27-25(31-22)30-21-7-8-28-32(21)3/h5-10,13,18H,11-12,14H2,1-4H3,(H,27,30,31)/t18-/m1/s1/i4D3. The van der Waals surface area contributed by atoms with Crippen LogP contribution in [0.4, 0.5) is 16.2 Å². The average molecular weight is 494 g/mol. The first-order valence-corrected chi connectivity index (χ1v) is 11.3. The highest BCUT2D eigenvalue weighted by Gasteiger charge is 2.35. The summed E-state index contributed by atoms with van der Waals surface area (Å²) in [5.41, 5.74) is 2.81. The number of anilines is 2. The van der Waals surface area contributed by atoms with Crippen LogP contribution in [0.5, 0.6) is 0 Å². The third kappa shape index (κ3) is 4.44. The number of nitrogens with zero attached hydrogens (tertiary/aromatic N) is 7. The molecule has 5 rings (SSSR count). The fourth-order valence-corrected chi connectivity index (χ4v) is 4.20. The van der Waals surface area contributed by atoms with Crippen LogP contribution in [0.3, 0.4) is 0 Å². The fraction of sp³-hybridized carbons (Fsp3) is 0.320. The molecule has 10 nitrogen and oxygen atoms in total. The van der Waals surface area contributed by atoms with Crippen molar-refractivity contribution in [2.45, 2.75) is 33.0 Å². The summed E-state index contributed by atoms with van der Waals surface area (Å²) in [6, 6.07) is 5.91. The maximum atomic E-state index is 14.2. The summed E-state index contributed by atoms with van der Waals surface area (Å²) in [5.74, 6) is 0.396. The maximum absolute atomic E-state index is 14.2. The van der Waals surface area contributed by atoms with Gasteiger partial charge in [0.2, 0.25) is 5.95 Å². The SMILES string of the molecule is [2H]C([2H])([2H])OC[C@H]1Cn2cc(-c3nc(Nc4ccnn4C)ncc3C)nc2C(=O)N1Cc1ccc(C)c(F)c1. The molecule has 1 N–H and O–H groups in total. The Hall–Kier alpha value is -4.12. The Morgan fingerprint density at radius 1 is 1.25 bits per heavy atom. The van der Waals surface area contributed by atoms with Gasteiger partial charge < -0.3 is 19.5 Å². The van der Waals surface area contributed by atoms with Crippen LogP contribution in [-0.2, 0) is 24.9 Å². The fourth-order valence-electron chi connectivity index (χ4n) is 4.20. The van der Waals surface area contributed by atoms with Gasteiger partial charge in [0.15, 0.2) is 5.82 Å². The smallest absolute Gasteiger partial charge is 0.290 e. The number of nitrogens with one attached hydrogen (secondary N) is 1. The van der Waals surface area contributed by atoms with Crippen LogP contribution in [0, 0.1) is 19.7 Å². The minimum atomic E-state index is -2.62. The van der Waals surface area contributed by atoms with E-state index < -0.39 is 19.0 Å². The van der Waals surface area contributed by atoms with E-state index in [1.807, 2.05) is 6.92 Å². The lowest BCUT2D eigenvalue weighted by Gasteiger charge is -2.35. The number of imidazole rings is 1. The number of benzene rings is 1. The molecule has 1 amide bonds. The van der Waals surface area contributed by atoms with E-state index in [2.05, 4.69) is 25.4 Å². The molecular weight excluding hydrogens is 463 g/mol. The highest BCUT2D eigenvalue weighted by molar-refractivity contribution is 5.92. The normalized spacial score (nSPS) is 16.9. The lowest BCUT2D eigenvalue weighted by molar-refractivity contribution is 0.0380. The van der Waals surface area contributed by atoms with Crippen molar-refractivity contribution in [3.8, 4) is 11.4 Å². The molecule has 0 bridgehead atoms. The second-order valence-corrected chi connectivity index (χ2v) is 8.77. The van der Waals surface area contributed by atoms with E-state index in [0.717, 1.165) is 5.56 Å². The summed E-state index contributed by atoms with van der Waals surface area (Å²) in [4.78, 5) is 28.7. The number of rotatable bonds is 7. The molecule has 4 heterocycles. The van der Waals surface area contributed by atoms with Gasteiger partial charge in [0.25, 0.3) is 5.91 Å². The summed E-state index contributed by atoms with van der Waals surface area (Å²) in [7, 11) is -0.837. The lowest BCUT2D eigenvalue weighted by atomic mass is 10.1. The third-order valence-electron chi connectivity index (χ3n) is 6.22. The summed E-state index contributed by atoms with van der Waals surface area (Å²) in [5, 5.41) is 7.23. The Morgan fingerprint density at radius 3 is 2.86 bits per heavy atom. The summed E-state index contributed by atoms with van der Waals surface area (Å²) < 4.78 is 45.0. The van der Waals surface area contributed by atoms with Crippen LogP contribution in [0.2, 0.25) is 0 Å². The number of methoxy groups -OCH3 is 1. The van der Waals surface area contributed by atoms with Crippen molar-refractivity contribution in [1.29, 1.82) is 0 Å². The summed E-state index contributed by atoms with van der Waals surface area (Å²) in [6.45, 7) is 3.58. The second-order valence-electron chi connectivity index (χ2n) is 8.77. The van der Waals surface area contributed by atoms with Gasteiger partial charge in [-0.3, -0.25) is 9.48 Å². The predicted octanol–water partition coefficient (Wildman–Crippen LogP) is 3.24. The molecule has 0 saturated carbocycles. The van der Waals surface area contributed by atoms with Crippen molar-refractivity contribution in [1.82, 2.24) is 34.2 Å². The number of halogens is 1. The van der Waals surface area contributed by atoms with E-state index in [1.54, 1.807) is 60.0 Å². The first-order chi connectivity index (χ1) is 18.5. The van der Waals surface area contributed by atoms with Gasteiger partial charge in [0, 0.05) is 45.6 Å². The van der Waals surface area contributed by atoms with Crippen molar-refractivity contribution < 1.29 is 18.0 Å². The van der Waals surface area contributed by atoms with E-state index in [0.29, 0.717) is 34.3 Å². The Bertz CT molecular complexity index is 1530. The molecule has 3 aromatic heterocycles. The van der Waals surface area contributed by atoms with E-state index in [4.69, 9.17) is 8.85 Å². The molecule has 0 unspecified atom stereocenters. The Balaban J connectivity index is 1.47. The molecule has 4 aromatic rings. The third-order valence-corrected chi connectivity index (χ3v) is 6.22. The maximum Gasteiger partial charge on any atom is 0.290 e. The van der Waals surface area contributed by atoms with Gasteiger partial charge in [-0.25, -0.2) is 19.3 Å². The molecule has 11 heteroatoms. The molecule has 0 aliphatic carbocycles. The molecular formula is C25H27FN8O2. The van der Waals surface area contributed by atoms with Crippen molar-refractivity contribution in [3.05, 3.63) is 71.2 Å². The first kappa shape index (κ1) is 20.1. The summed E-state index contributed by atoms with van der Waals surface area (Å²) >= 11 is 0. The topological polar surface area (TPSA) is 103 Å². The van der Waals surface area contributed by atoms with Gasteiger partial charge in [-0.05, 0) is 36.6 Å². The molecule has 1 atom stereocenters. The predicted molar refractivity (Wildman–Crippen MR) is 131 cm³/mol. The van der Waals surface area contributed by atoms with Gasteiger partial charge >= 0.3 is 0 Å². The quantitative estimate of drug-likeness (QED) is 0.422. The van der Waals surface area contributed by atoms with Gasteiger partial charge in [0.05, 0.1) is 28.7 Å². The number of carbonyl (C=O) groups excluding carboxylic acids is 1. The van der Waals surface area contributed by atoms with Crippen molar-refractivity contribution >= 4 is 17.7 Å². The highest BCUT2D eigenvalue weighted by atomic mass is 19.1. The highest BCUT2D eigenvalue weighted by Crippen LogP contribution is 2.27. The van der Waals surface area contributed by atoms with E-state index in [1.165, 1.54) is 11.0 Å². The molecule has 0 fully saturated rings. The van der Waals surface area contributed by atoms with Crippen LogP contribution < -0.4 is 5.32 Å². The monoisotopic (exact) mass is 493 g/mol. The number of carbonyl (C=O) groups is 1. The zero-order valence-electron chi connectivity index (χ0n) is 23.1. The zero-order valence-corrected chi connectivity index (χ0v) is 20.1. The number of aryl methyl sites for hydroxylation is 3. The largest absolute Gasteiger partial charge is 0.382 e. The number of ether oxygens (including phenoxy) is 1. The lowest BCUT2D eigenvalue weighted by Crippen LogP contribution is -2.49. The van der Waals surface area contributed by atoms with Crippen molar-refractivity contribution in [2.24, 2.45) is 7.05 Å². The Labute approximate surface area is 212 Å². The van der Waals surface area contributed by atoms with E-state index >= 15 is 0 Å². The molecule has 186 valence electrons. The van der Waals surface area contributed by atoms with E-state index in [-0.39, 0.29) is 31.3 Å². The van der Waals surface area contributed by atoms with Gasteiger partial charge in [0.1, 0.15) is 17.3 Å². The van der Waals surface area contributed by atoms with Crippen LogP contribution in [-0.4, -0.2) is 59.8 Å². The van der Waals surface area contributed by atoms with E-state index in [9.17, 15) is 9.18 Å². The molecule has 1 aliphatic rings. The van der Waals surface area contributed by atoms with Crippen LogP contribution in [0.15, 0.2) is 42.9 Å². The number of amides is 1. The number of hydrogen-bond acceptors (Lipinski definition) is 7. The number of aromatic nitrogens is 6. The number of fused-ring (bicyclic) bond motifs is 1. The van der Waals surface area contributed by atoms with Gasteiger partial charge in [-0.2, -0.15) is 5.10 Å². The zero-order chi connectivity index (χ0) is 27.9. The second kappa shape index (κ2) is 9.50. The molecule has 1 aromatic carbocycles. The molecule has 0 spiro atoms. The molecule has 0 radical (unpaired) electrons. The van der Waals surface area contributed by atoms with Gasteiger partial charge in [-0.15, -0.1) is 0 Å². The molecule has 36 heavy (non-hydrogen) atoms. The minimum absolute atomic E-state index is 0.0680. The summed E-state index contributed by atoms with van der Waals surface area (Å²) in [6.07, 6.45) is 5.02.